The van der Waals surface area contributed by atoms with Gasteiger partial charge in [-0.15, -0.1) is 0 Å². The molecular weight excluding hydrogens is 386 g/mol. The van der Waals surface area contributed by atoms with Crippen LogP contribution in [0.5, 0.6) is 0 Å². The van der Waals surface area contributed by atoms with Crippen LogP contribution in [-0.2, 0) is 16.6 Å². The number of sulfonamides is 1. The van der Waals surface area contributed by atoms with E-state index >= 15 is 0 Å². The lowest BCUT2D eigenvalue weighted by Gasteiger charge is -2.30. The van der Waals surface area contributed by atoms with Crippen LogP contribution in [0.25, 0.3) is 0 Å². The average molecular weight is 416 g/mol. The summed E-state index contributed by atoms with van der Waals surface area (Å²) in [6, 6.07) is 16.5. The SMILES string of the molecule is CC(c1ccccc1)N(CC1CC1)C(=O)NCc1ccccc1S(=O)(=O)N(C)C. The number of hydrogen-bond acceptors (Lipinski definition) is 3. The van der Waals surface area contributed by atoms with E-state index in [0.717, 1.165) is 18.4 Å². The fourth-order valence-electron chi connectivity index (χ4n) is 3.28. The van der Waals surface area contributed by atoms with Crippen LogP contribution in [0.1, 0.15) is 36.9 Å². The maximum absolute atomic E-state index is 13.0. The van der Waals surface area contributed by atoms with Crippen LogP contribution < -0.4 is 5.32 Å². The van der Waals surface area contributed by atoms with Gasteiger partial charge in [-0.3, -0.25) is 0 Å². The van der Waals surface area contributed by atoms with Crippen LogP contribution in [0.3, 0.4) is 0 Å². The number of nitrogens with zero attached hydrogens (tertiary/aromatic N) is 2. The lowest BCUT2D eigenvalue weighted by molar-refractivity contribution is 0.175. The van der Waals surface area contributed by atoms with Crippen molar-refractivity contribution in [2.45, 2.75) is 37.2 Å². The van der Waals surface area contributed by atoms with Gasteiger partial charge in [-0.05, 0) is 42.9 Å². The van der Waals surface area contributed by atoms with Crippen LogP contribution >= 0.6 is 0 Å². The first-order valence-corrected chi connectivity index (χ1v) is 11.3. The Kier molecular flexibility index (Phi) is 6.59. The molecule has 7 heteroatoms. The maximum atomic E-state index is 13.0. The first kappa shape index (κ1) is 21.3. The van der Waals surface area contributed by atoms with E-state index in [1.165, 1.54) is 18.4 Å². The number of benzene rings is 2. The zero-order chi connectivity index (χ0) is 21.0. The van der Waals surface area contributed by atoms with E-state index in [2.05, 4.69) is 5.32 Å². The molecular formula is C22H29N3O3S. The highest BCUT2D eigenvalue weighted by atomic mass is 32.2. The van der Waals surface area contributed by atoms with Crippen molar-refractivity contribution in [2.24, 2.45) is 5.92 Å². The van der Waals surface area contributed by atoms with Gasteiger partial charge in [-0.1, -0.05) is 48.5 Å². The summed E-state index contributed by atoms with van der Waals surface area (Å²) >= 11 is 0. The molecule has 1 fully saturated rings. The minimum absolute atomic E-state index is 0.0578. The number of carbonyl (C=O) groups excluding carboxylic acids is 1. The molecule has 2 aromatic carbocycles. The van der Waals surface area contributed by atoms with Gasteiger partial charge in [-0.25, -0.2) is 17.5 Å². The number of hydrogen-bond donors (Lipinski definition) is 1. The Bertz CT molecular complexity index is 941. The molecule has 1 aliphatic carbocycles. The minimum Gasteiger partial charge on any atom is -0.334 e. The van der Waals surface area contributed by atoms with Crippen molar-refractivity contribution < 1.29 is 13.2 Å². The standard InChI is InChI=1S/C22H29N3O3S/c1-17(19-9-5-4-6-10-19)25(16-18-13-14-18)22(26)23-15-20-11-7-8-12-21(20)29(27,28)24(2)3/h4-12,17-18H,13-16H2,1-3H3,(H,23,26). The van der Waals surface area contributed by atoms with Crippen molar-refractivity contribution in [2.75, 3.05) is 20.6 Å². The molecule has 1 N–H and O–H groups in total. The molecule has 156 valence electrons. The summed E-state index contributed by atoms with van der Waals surface area (Å²) < 4.78 is 26.3. The van der Waals surface area contributed by atoms with Crippen molar-refractivity contribution >= 4 is 16.1 Å². The molecule has 29 heavy (non-hydrogen) atoms. The van der Waals surface area contributed by atoms with Crippen molar-refractivity contribution in [3.63, 3.8) is 0 Å². The Balaban J connectivity index is 1.76. The third-order valence-electron chi connectivity index (χ3n) is 5.32. The normalized spacial score (nSPS) is 15.2. The molecule has 1 aliphatic rings. The zero-order valence-corrected chi connectivity index (χ0v) is 18.0. The van der Waals surface area contributed by atoms with E-state index in [1.54, 1.807) is 24.3 Å². The van der Waals surface area contributed by atoms with Crippen LogP contribution in [0.2, 0.25) is 0 Å². The van der Waals surface area contributed by atoms with E-state index in [-0.39, 0.29) is 23.5 Å². The first-order valence-electron chi connectivity index (χ1n) is 9.90. The second-order valence-corrected chi connectivity index (χ2v) is 9.86. The highest BCUT2D eigenvalue weighted by Crippen LogP contribution is 2.33. The van der Waals surface area contributed by atoms with Crippen LogP contribution in [-0.4, -0.2) is 44.3 Å². The third kappa shape index (κ3) is 5.16. The van der Waals surface area contributed by atoms with Crippen molar-refractivity contribution in [1.82, 2.24) is 14.5 Å². The summed E-state index contributed by atoms with van der Waals surface area (Å²) in [6.07, 6.45) is 2.30. The van der Waals surface area contributed by atoms with Gasteiger partial charge < -0.3 is 10.2 Å². The molecule has 3 rings (SSSR count). The predicted molar refractivity (Wildman–Crippen MR) is 114 cm³/mol. The van der Waals surface area contributed by atoms with Gasteiger partial charge in [0.15, 0.2) is 0 Å². The molecule has 1 unspecified atom stereocenters. The van der Waals surface area contributed by atoms with Crippen molar-refractivity contribution in [3.05, 3.63) is 65.7 Å². The number of rotatable bonds is 8. The quantitative estimate of drug-likeness (QED) is 0.716. The Labute approximate surface area is 173 Å². The fourth-order valence-corrected chi connectivity index (χ4v) is 4.39. The number of amides is 2. The average Bonchev–Trinajstić information content (AvgIpc) is 3.54. The molecule has 0 radical (unpaired) electrons. The second kappa shape index (κ2) is 8.97. The van der Waals surface area contributed by atoms with Crippen LogP contribution in [0.15, 0.2) is 59.5 Å². The lowest BCUT2D eigenvalue weighted by Crippen LogP contribution is -2.42. The maximum Gasteiger partial charge on any atom is 0.318 e. The molecule has 0 heterocycles. The van der Waals surface area contributed by atoms with Gasteiger partial charge >= 0.3 is 6.03 Å². The molecule has 1 atom stereocenters. The van der Waals surface area contributed by atoms with E-state index in [1.807, 2.05) is 42.2 Å². The van der Waals surface area contributed by atoms with Gasteiger partial charge in [0, 0.05) is 27.2 Å². The highest BCUT2D eigenvalue weighted by molar-refractivity contribution is 7.89. The Morgan fingerprint density at radius 2 is 1.69 bits per heavy atom. The monoisotopic (exact) mass is 415 g/mol. The lowest BCUT2D eigenvalue weighted by atomic mass is 10.1. The molecule has 0 aliphatic heterocycles. The van der Waals surface area contributed by atoms with Crippen molar-refractivity contribution in [3.8, 4) is 0 Å². The number of carbonyl (C=O) groups is 1. The van der Waals surface area contributed by atoms with E-state index in [4.69, 9.17) is 0 Å². The molecule has 2 amide bonds. The van der Waals surface area contributed by atoms with Gasteiger partial charge in [0.2, 0.25) is 10.0 Å². The summed E-state index contributed by atoms with van der Waals surface area (Å²) in [7, 11) is -0.568. The molecule has 6 nitrogen and oxygen atoms in total. The number of nitrogens with one attached hydrogen (secondary N) is 1. The molecule has 0 saturated heterocycles. The van der Waals surface area contributed by atoms with Gasteiger partial charge in [-0.2, -0.15) is 0 Å². The second-order valence-electron chi connectivity index (χ2n) is 7.74. The third-order valence-corrected chi connectivity index (χ3v) is 7.24. The van der Waals surface area contributed by atoms with Crippen LogP contribution in [0, 0.1) is 5.92 Å². The first-order chi connectivity index (χ1) is 13.8. The number of urea groups is 1. The molecule has 0 aromatic heterocycles. The molecule has 0 bridgehead atoms. The van der Waals surface area contributed by atoms with Crippen molar-refractivity contribution in [1.29, 1.82) is 0 Å². The Morgan fingerprint density at radius 1 is 1.07 bits per heavy atom. The fraction of sp³-hybridized carbons (Fsp3) is 0.409. The Hall–Kier alpha value is -2.38. The highest BCUT2D eigenvalue weighted by Gasteiger charge is 2.30. The minimum atomic E-state index is -3.58. The van der Waals surface area contributed by atoms with Crippen LogP contribution in [0.4, 0.5) is 4.79 Å². The summed E-state index contributed by atoms with van der Waals surface area (Å²) in [5, 5.41) is 2.94. The van der Waals surface area contributed by atoms with Gasteiger partial charge in [0.1, 0.15) is 0 Å². The largest absolute Gasteiger partial charge is 0.334 e. The zero-order valence-electron chi connectivity index (χ0n) is 17.2. The molecule has 0 spiro atoms. The summed E-state index contributed by atoms with van der Waals surface area (Å²) in [4.78, 5) is 15.1. The van der Waals surface area contributed by atoms with E-state index < -0.39 is 10.0 Å². The topological polar surface area (TPSA) is 69.7 Å². The van der Waals surface area contributed by atoms with Gasteiger partial charge in [0.05, 0.1) is 10.9 Å². The van der Waals surface area contributed by atoms with E-state index in [0.29, 0.717) is 18.0 Å². The summed E-state index contributed by atoms with van der Waals surface area (Å²) in [5.41, 5.74) is 1.66. The predicted octanol–water partition coefficient (Wildman–Crippen LogP) is 3.62. The van der Waals surface area contributed by atoms with E-state index in [9.17, 15) is 13.2 Å². The smallest absolute Gasteiger partial charge is 0.318 e. The summed E-state index contributed by atoms with van der Waals surface area (Å²) in [6.45, 7) is 2.89. The molecule has 2 aromatic rings. The summed E-state index contributed by atoms with van der Waals surface area (Å²) in [5.74, 6) is 0.549. The molecule has 1 saturated carbocycles. The van der Waals surface area contributed by atoms with Gasteiger partial charge in [0.25, 0.3) is 0 Å². The Morgan fingerprint density at radius 3 is 2.31 bits per heavy atom.